The lowest BCUT2D eigenvalue weighted by Crippen LogP contribution is -2.26. The number of pyridine rings is 1. The Balaban J connectivity index is 1.28. The predicted molar refractivity (Wildman–Crippen MR) is 165 cm³/mol. The highest BCUT2D eigenvalue weighted by Crippen LogP contribution is 2.35. The van der Waals surface area contributed by atoms with Gasteiger partial charge in [0.25, 0.3) is 0 Å². The van der Waals surface area contributed by atoms with Crippen molar-refractivity contribution < 1.29 is 13.2 Å². The van der Waals surface area contributed by atoms with Crippen LogP contribution in [0.4, 0.5) is 5.82 Å². The lowest BCUT2D eigenvalue weighted by molar-refractivity contribution is 0.356. The normalized spacial score (nSPS) is 12.0. The second-order valence-corrected chi connectivity index (χ2v) is 12.6. The van der Waals surface area contributed by atoms with Crippen molar-refractivity contribution in [2.75, 3.05) is 25.5 Å². The van der Waals surface area contributed by atoms with Crippen molar-refractivity contribution in [1.29, 1.82) is 0 Å². The first kappa shape index (κ1) is 28.3. The second kappa shape index (κ2) is 11.7. The van der Waals surface area contributed by atoms with Gasteiger partial charge in [0.05, 0.1) is 17.5 Å². The molecule has 2 N–H and O–H groups in total. The van der Waals surface area contributed by atoms with Crippen molar-refractivity contribution in [3.05, 3.63) is 91.3 Å². The van der Waals surface area contributed by atoms with E-state index >= 15 is 0 Å². The standard InChI is InChI=1S/C32H35N5O3S/c1-32(2,3)37-22-28(31(36-37)25-12-7-13-26(20-25)40-4)24-16-19-34-30(21-24)33-17-9-18-35-41(38,39)29-15-8-11-23-10-5-6-14-27(23)29/h5-8,10-16,19-22,35H,9,17-18H2,1-4H3,(H,33,34). The van der Waals surface area contributed by atoms with Crippen LogP contribution in [0.2, 0.25) is 0 Å². The molecule has 41 heavy (non-hydrogen) atoms. The first-order chi connectivity index (χ1) is 19.7. The zero-order valence-electron chi connectivity index (χ0n) is 23.8. The fourth-order valence-electron chi connectivity index (χ4n) is 4.63. The number of anilines is 1. The van der Waals surface area contributed by atoms with Gasteiger partial charge in [-0.15, -0.1) is 0 Å². The number of benzene rings is 3. The van der Waals surface area contributed by atoms with Crippen molar-refractivity contribution in [3.63, 3.8) is 0 Å². The van der Waals surface area contributed by atoms with Crippen LogP contribution in [0.1, 0.15) is 27.2 Å². The molecule has 0 bridgehead atoms. The van der Waals surface area contributed by atoms with Gasteiger partial charge in [-0.1, -0.05) is 48.5 Å². The number of ether oxygens (including phenoxy) is 1. The summed E-state index contributed by atoms with van der Waals surface area (Å²) in [5.74, 6) is 1.48. The zero-order chi connectivity index (χ0) is 29.0. The quantitative estimate of drug-likeness (QED) is 0.191. The SMILES string of the molecule is COc1cccc(-c2nn(C(C)(C)C)cc2-c2ccnc(NCCCNS(=O)(=O)c3cccc4ccccc34)c2)c1. The Kier molecular flexibility index (Phi) is 8.10. The number of aromatic nitrogens is 3. The van der Waals surface area contributed by atoms with Gasteiger partial charge in [-0.3, -0.25) is 4.68 Å². The number of hydrogen-bond acceptors (Lipinski definition) is 6. The summed E-state index contributed by atoms with van der Waals surface area (Å²) in [6, 6.07) is 24.7. The highest BCUT2D eigenvalue weighted by atomic mass is 32.2. The van der Waals surface area contributed by atoms with Gasteiger partial charge in [-0.05, 0) is 68.5 Å². The summed E-state index contributed by atoms with van der Waals surface area (Å²) in [7, 11) is -1.98. The van der Waals surface area contributed by atoms with Crippen LogP contribution in [-0.2, 0) is 15.6 Å². The van der Waals surface area contributed by atoms with Crippen molar-refractivity contribution in [2.45, 2.75) is 37.6 Å². The van der Waals surface area contributed by atoms with Crippen molar-refractivity contribution in [2.24, 2.45) is 0 Å². The van der Waals surface area contributed by atoms with E-state index in [4.69, 9.17) is 9.84 Å². The summed E-state index contributed by atoms with van der Waals surface area (Å²) in [6.45, 7) is 7.21. The maximum Gasteiger partial charge on any atom is 0.241 e. The number of nitrogens with zero attached hydrogens (tertiary/aromatic N) is 3. The molecular weight excluding hydrogens is 534 g/mol. The Bertz CT molecular complexity index is 1770. The molecule has 9 heteroatoms. The summed E-state index contributed by atoms with van der Waals surface area (Å²) in [6.07, 6.45) is 4.42. The third-order valence-corrected chi connectivity index (χ3v) is 8.33. The monoisotopic (exact) mass is 569 g/mol. The summed E-state index contributed by atoms with van der Waals surface area (Å²) in [4.78, 5) is 4.77. The minimum Gasteiger partial charge on any atom is -0.497 e. The molecule has 0 saturated heterocycles. The molecule has 3 aromatic carbocycles. The molecule has 2 aromatic heterocycles. The maximum absolute atomic E-state index is 13.0. The Hall–Kier alpha value is -4.21. The largest absolute Gasteiger partial charge is 0.497 e. The van der Waals surface area contributed by atoms with E-state index in [0.717, 1.165) is 33.5 Å². The molecule has 0 aliphatic heterocycles. The molecule has 212 valence electrons. The number of sulfonamides is 1. The van der Waals surface area contributed by atoms with Gasteiger partial charge in [0.2, 0.25) is 10.0 Å². The maximum atomic E-state index is 13.0. The van der Waals surface area contributed by atoms with Crippen LogP contribution in [0.5, 0.6) is 5.75 Å². The molecule has 0 atom stereocenters. The third kappa shape index (κ3) is 6.42. The zero-order valence-corrected chi connectivity index (χ0v) is 24.6. The van der Waals surface area contributed by atoms with Crippen LogP contribution in [0.15, 0.2) is 96.2 Å². The average Bonchev–Trinajstić information content (AvgIpc) is 3.43. The van der Waals surface area contributed by atoms with Crippen LogP contribution < -0.4 is 14.8 Å². The fraction of sp³-hybridized carbons (Fsp3) is 0.250. The number of rotatable bonds is 10. The first-order valence-electron chi connectivity index (χ1n) is 13.6. The minimum absolute atomic E-state index is 0.195. The number of nitrogens with one attached hydrogen (secondary N) is 2. The van der Waals surface area contributed by atoms with Gasteiger partial charge in [0, 0.05) is 42.0 Å². The van der Waals surface area contributed by atoms with Gasteiger partial charge in [0.1, 0.15) is 17.3 Å². The fourth-order valence-corrected chi connectivity index (χ4v) is 5.93. The van der Waals surface area contributed by atoms with Gasteiger partial charge in [0.15, 0.2) is 0 Å². The molecular formula is C32H35N5O3S. The molecule has 0 saturated carbocycles. The molecule has 0 spiro atoms. The Morgan fingerprint density at radius 2 is 1.68 bits per heavy atom. The van der Waals surface area contributed by atoms with E-state index in [1.54, 1.807) is 25.4 Å². The summed E-state index contributed by atoms with van der Waals surface area (Å²) in [5, 5.41) is 9.88. The molecule has 0 unspecified atom stereocenters. The van der Waals surface area contributed by atoms with E-state index in [2.05, 4.69) is 42.0 Å². The van der Waals surface area contributed by atoms with E-state index in [0.29, 0.717) is 35.6 Å². The number of fused-ring (bicyclic) bond motifs is 1. The van der Waals surface area contributed by atoms with E-state index in [-0.39, 0.29) is 5.54 Å². The molecule has 2 heterocycles. The van der Waals surface area contributed by atoms with Gasteiger partial charge >= 0.3 is 0 Å². The minimum atomic E-state index is -3.63. The Labute approximate surface area is 241 Å². The smallest absolute Gasteiger partial charge is 0.241 e. The van der Waals surface area contributed by atoms with Crippen LogP contribution >= 0.6 is 0 Å². The summed E-state index contributed by atoms with van der Waals surface area (Å²) < 4.78 is 36.1. The van der Waals surface area contributed by atoms with E-state index in [1.165, 1.54) is 0 Å². The van der Waals surface area contributed by atoms with E-state index < -0.39 is 10.0 Å². The van der Waals surface area contributed by atoms with Crippen LogP contribution in [0.3, 0.4) is 0 Å². The van der Waals surface area contributed by atoms with Crippen LogP contribution in [0, 0.1) is 0 Å². The lowest BCUT2D eigenvalue weighted by atomic mass is 10.0. The van der Waals surface area contributed by atoms with Crippen molar-refractivity contribution >= 4 is 26.6 Å². The van der Waals surface area contributed by atoms with Crippen molar-refractivity contribution in [3.8, 4) is 28.1 Å². The van der Waals surface area contributed by atoms with E-state index in [1.807, 2.05) is 71.4 Å². The molecule has 5 rings (SSSR count). The third-order valence-electron chi connectivity index (χ3n) is 6.81. The molecule has 0 radical (unpaired) electrons. The molecule has 0 fully saturated rings. The summed E-state index contributed by atoms with van der Waals surface area (Å²) >= 11 is 0. The highest BCUT2D eigenvalue weighted by molar-refractivity contribution is 7.89. The average molecular weight is 570 g/mol. The Morgan fingerprint density at radius 3 is 2.49 bits per heavy atom. The second-order valence-electron chi connectivity index (χ2n) is 10.8. The molecule has 8 nitrogen and oxygen atoms in total. The molecule has 5 aromatic rings. The van der Waals surface area contributed by atoms with Crippen molar-refractivity contribution in [1.82, 2.24) is 19.5 Å². The summed E-state index contributed by atoms with van der Waals surface area (Å²) in [5.41, 5.74) is 3.60. The van der Waals surface area contributed by atoms with Crippen LogP contribution in [0.25, 0.3) is 33.2 Å². The highest BCUT2D eigenvalue weighted by Gasteiger charge is 2.21. The van der Waals surface area contributed by atoms with E-state index in [9.17, 15) is 8.42 Å². The molecule has 0 amide bonds. The first-order valence-corrected chi connectivity index (χ1v) is 15.1. The predicted octanol–water partition coefficient (Wildman–Crippen LogP) is 6.31. The van der Waals surface area contributed by atoms with Gasteiger partial charge < -0.3 is 10.1 Å². The topological polar surface area (TPSA) is 98.1 Å². The molecule has 0 aliphatic carbocycles. The Morgan fingerprint density at radius 1 is 0.902 bits per heavy atom. The van der Waals surface area contributed by atoms with Crippen LogP contribution in [-0.4, -0.2) is 43.4 Å². The number of hydrogen-bond donors (Lipinski definition) is 2. The van der Waals surface area contributed by atoms with Gasteiger partial charge in [-0.2, -0.15) is 5.10 Å². The molecule has 0 aliphatic rings. The van der Waals surface area contributed by atoms with Gasteiger partial charge in [-0.25, -0.2) is 18.1 Å². The number of methoxy groups -OCH3 is 1. The lowest BCUT2D eigenvalue weighted by Gasteiger charge is -2.18.